The van der Waals surface area contributed by atoms with Crippen molar-refractivity contribution in [1.82, 2.24) is 5.01 Å². The molecular weight excluding hydrogens is 372 g/mol. The van der Waals surface area contributed by atoms with Gasteiger partial charge in [0, 0.05) is 22.7 Å². The number of carbonyl (C=O) groups is 1. The number of halogens is 1. The first kappa shape index (κ1) is 17.3. The van der Waals surface area contributed by atoms with E-state index < -0.39 is 0 Å². The first-order chi connectivity index (χ1) is 11.7. The van der Waals surface area contributed by atoms with Crippen LogP contribution in [0.2, 0.25) is 0 Å². The third kappa shape index (κ3) is 3.16. The van der Waals surface area contributed by atoms with Crippen molar-refractivity contribution in [1.29, 1.82) is 0 Å². The zero-order valence-corrected chi connectivity index (χ0v) is 15.7. The van der Waals surface area contributed by atoms with Crippen LogP contribution in [0.25, 0.3) is 0 Å². The Hall–Kier alpha value is -1.56. The van der Waals surface area contributed by atoms with Gasteiger partial charge in [0.05, 0.1) is 26.5 Å². The molecule has 0 spiro atoms. The van der Waals surface area contributed by atoms with Gasteiger partial charge in [-0.2, -0.15) is 5.10 Å². The lowest BCUT2D eigenvalue weighted by molar-refractivity contribution is -0.138. The zero-order valence-electron chi connectivity index (χ0n) is 14.1. The molecule has 1 fully saturated rings. The Bertz CT molecular complexity index is 647. The summed E-state index contributed by atoms with van der Waals surface area (Å²) in [6, 6.07) is 5.87. The molecule has 0 unspecified atom stereocenters. The summed E-state index contributed by atoms with van der Waals surface area (Å²) in [6.07, 6.45) is 4.24. The maximum Gasteiger partial charge on any atom is 0.246 e. The average Bonchev–Trinajstić information content (AvgIpc) is 2.63. The quantitative estimate of drug-likeness (QED) is 0.718. The molecule has 0 bridgehead atoms. The van der Waals surface area contributed by atoms with Crippen molar-refractivity contribution in [2.45, 2.75) is 25.7 Å². The number of amides is 1. The van der Waals surface area contributed by atoms with E-state index in [2.05, 4.69) is 15.9 Å². The van der Waals surface area contributed by atoms with Gasteiger partial charge in [0.15, 0.2) is 11.5 Å². The van der Waals surface area contributed by atoms with Crippen LogP contribution < -0.4 is 9.47 Å². The Labute approximate surface area is 151 Å². The molecule has 0 saturated heterocycles. The number of benzene rings is 1. The Morgan fingerprint density at radius 3 is 2.54 bits per heavy atom. The third-order valence-corrected chi connectivity index (χ3v) is 5.25. The molecule has 2 aliphatic rings. The Kier molecular flexibility index (Phi) is 5.43. The predicted molar refractivity (Wildman–Crippen MR) is 97.0 cm³/mol. The van der Waals surface area contributed by atoms with Crippen LogP contribution in [-0.2, 0) is 4.79 Å². The molecule has 24 heavy (non-hydrogen) atoms. The van der Waals surface area contributed by atoms with E-state index in [-0.39, 0.29) is 17.7 Å². The van der Waals surface area contributed by atoms with Crippen molar-refractivity contribution in [2.24, 2.45) is 16.9 Å². The predicted octanol–water partition coefficient (Wildman–Crippen LogP) is 3.45. The second kappa shape index (κ2) is 7.55. The molecule has 0 N–H and O–H groups in total. The fraction of sp³-hybridized carbons (Fsp3) is 0.556. The summed E-state index contributed by atoms with van der Waals surface area (Å²) in [5, 5.41) is 7.07. The molecule has 130 valence electrons. The Balaban J connectivity index is 2.02. The highest BCUT2D eigenvalue weighted by Gasteiger charge is 2.41. The van der Waals surface area contributed by atoms with Crippen molar-refractivity contribution < 1.29 is 14.3 Å². The maximum absolute atomic E-state index is 12.7. The summed E-state index contributed by atoms with van der Waals surface area (Å²) in [5.41, 5.74) is 2.01. The van der Waals surface area contributed by atoms with Gasteiger partial charge < -0.3 is 9.47 Å². The molecule has 1 amide bonds. The zero-order chi connectivity index (χ0) is 17.1. The largest absolute Gasteiger partial charge is 0.493 e. The minimum atomic E-state index is 0.0541. The van der Waals surface area contributed by atoms with Crippen molar-refractivity contribution in [3.63, 3.8) is 0 Å². The fourth-order valence-electron chi connectivity index (χ4n) is 3.71. The normalized spacial score (nSPS) is 23.5. The third-order valence-electron chi connectivity index (χ3n) is 4.89. The molecule has 1 saturated carbocycles. The first-order valence-corrected chi connectivity index (χ1v) is 9.50. The number of hydrogen-bond acceptors (Lipinski definition) is 4. The smallest absolute Gasteiger partial charge is 0.246 e. The van der Waals surface area contributed by atoms with Crippen LogP contribution in [-0.4, -0.2) is 42.7 Å². The number of ether oxygens (including phenoxy) is 2. The standard InChI is InChI=1S/C18H23BrN2O3/c1-23-15-8-7-12(11-16(15)24-2)17-13-5-3-4-6-14(13)18(22)21(20-17)10-9-19/h7-8,11,13-14H,3-6,9-10H2,1-2H3/t13-,14+/m0/s1. The number of carbonyl (C=O) groups excluding carboxylic acids is 1. The minimum Gasteiger partial charge on any atom is -0.493 e. The summed E-state index contributed by atoms with van der Waals surface area (Å²) >= 11 is 3.42. The molecule has 0 aromatic heterocycles. The molecule has 0 radical (unpaired) electrons. The van der Waals surface area contributed by atoms with Gasteiger partial charge in [0.1, 0.15) is 0 Å². The van der Waals surface area contributed by atoms with Crippen molar-refractivity contribution >= 4 is 27.5 Å². The van der Waals surface area contributed by atoms with Crippen LogP contribution in [0.15, 0.2) is 23.3 Å². The van der Waals surface area contributed by atoms with Crippen LogP contribution in [0.4, 0.5) is 0 Å². The van der Waals surface area contributed by atoms with E-state index in [0.29, 0.717) is 18.0 Å². The van der Waals surface area contributed by atoms with Gasteiger partial charge in [0.25, 0.3) is 0 Å². The fourth-order valence-corrected chi connectivity index (χ4v) is 4.04. The van der Waals surface area contributed by atoms with E-state index >= 15 is 0 Å². The van der Waals surface area contributed by atoms with Gasteiger partial charge in [-0.05, 0) is 31.0 Å². The maximum atomic E-state index is 12.7. The molecule has 1 aromatic carbocycles. The number of fused-ring (bicyclic) bond motifs is 1. The molecule has 6 heteroatoms. The topological polar surface area (TPSA) is 51.1 Å². The van der Waals surface area contributed by atoms with Crippen molar-refractivity contribution in [3.8, 4) is 11.5 Å². The SMILES string of the molecule is COc1ccc(C2=NN(CCBr)C(=O)[C@@H]3CCCC[C@H]23)cc1OC. The lowest BCUT2D eigenvalue weighted by Gasteiger charge is -2.38. The molecule has 1 heterocycles. The van der Waals surface area contributed by atoms with E-state index in [9.17, 15) is 4.79 Å². The number of methoxy groups -OCH3 is 2. The van der Waals surface area contributed by atoms with Crippen molar-refractivity contribution in [3.05, 3.63) is 23.8 Å². The van der Waals surface area contributed by atoms with Gasteiger partial charge in [-0.3, -0.25) is 4.79 Å². The molecule has 5 nitrogen and oxygen atoms in total. The molecule has 3 rings (SSSR count). The van der Waals surface area contributed by atoms with Crippen LogP contribution in [0, 0.1) is 11.8 Å². The average molecular weight is 395 g/mol. The number of rotatable bonds is 5. The summed E-state index contributed by atoms with van der Waals surface area (Å²) < 4.78 is 10.8. The summed E-state index contributed by atoms with van der Waals surface area (Å²) in [7, 11) is 3.26. The summed E-state index contributed by atoms with van der Waals surface area (Å²) in [5.74, 6) is 1.82. The van der Waals surface area contributed by atoms with Gasteiger partial charge in [-0.1, -0.05) is 28.8 Å². The second-order valence-corrected chi connectivity index (χ2v) is 7.00. The van der Waals surface area contributed by atoms with Crippen LogP contribution >= 0.6 is 15.9 Å². The van der Waals surface area contributed by atoms with E-state index in [1.165, 1.54) is 0 Å². The molecular formula is C18H23BrN2O3. The summed E-state index contributed by atoms with van der Waals surface area (Å²) in [6.45, 7) is 0.596. The minimum absolute atomic E-state index is 0.0541. The first-order valence-electron chi connectivity index (χ1n) is 8.37. The summed E-state index contributed by atoms with van der Waals surface area (Å²) in [4.78, 5) is 12.7. The van der Waals surface area contributed by atoms with Crippen LogP contribution in [0.3, 0.4) is 0 Å². The van der Waals surface area contributed by atoms with Gasteiger partial charge in [-0.15, -0.1) is 0 Å². The molecule has 1 aliphatic heterocycles. The Morgan fingerprint density at radius 2 is 1.88 bits per heavy atom. The highest BCUT2D eigenvalue weighted by atomic mass is 79.9. The lowest BCUT2D eigenvalue weighted by atomic mass is 9.73. The highest BCUT2D eigenvalue weighted by molar-refractivity contribution is 9.09. The lowest BCUT2D eigenvalue weighted by Crippen LogP contribution is -2.46. The monoisotopic (exact) mass is 394 g/mol. The van der Waals surface area contributed by atoms with Gasteiger partial charge >= 0.3 is 0 Å². The molecule has 1 aromatic rings. The number of hydrazone groups is 1. The number of hydrogen-bond donors (Lipinski definition) is 0. The highest BCUT2D eigenvalue weighted by Crippen LogP contribution is 2.38. The van der Waals surface area contributed by atoms with Crippen LogP contribution in [0.5, 0.6) is 11.5 Å². The molecule has 1 aliphatic carbocycles. The Morgan fingerprint density at radius 1 is 1.17 bits per heavy atom. The van der Waals surface area contributed by atoms with Crippen LogP contribution in [0.1, 0.15) is 31.2 Å². The molecule has 2 atom stereocenters. The van der Waals surface area contributed by atoms with E-state index in [1.807, 2.05) is 18.2 Å². The second-order valence-electron chi connectivity index (χ2n) is 6.20. The van der Waals surface area contributed by atoms with E-state index in [1.54, 1.807) is 19.2 Å². The van der Waals surface area contributed by atoms with E-state index in [4.69, 9.17) is 14.6 Å². The van der Waals surface area contributed by atoms with Gasteiger partial charge in [0.2, 0.25) is 5.91 Å². The van der Waals surface area contributed by atoms with E-state index in [0.717, 1.165) is 42.3 Å². The number of alkyl halides is 1. The van der Waals surface area contributed by atoms with Crippen molar-refractivity contribution in [2.75, 3.05) is 26.1 Å². The van der Waals surface area contributed by atoms with Gasteiger partial charge in [-0.25, -0.2) is 5.01 Å². The number of nitrogens with zero attached hydrogens (tertiary/aromatic N) is 2.